The number of hydrogen-bond acceptors (Lipinski definition) is 3. The van der Waals surface area contributed by atoms with Crippen molar-refractivity contribution in [3.8, 4) is 0 Å². The fraction of sp³-hybridized carbons (Fsp3) is 0.500. The van der Waals surface area contributed by atoms with Crippen LogP contribution >= 0.6 is 55.4 Å². The van der Waals surface area contributed by atoms with Crippen LogP contribution in [0, 0.1) is 5.41 Å². The second kappa shape index (κ2) is 5.79. The molecule has 0 bridgehead atoms. The molecule has 7 heteroatoms. The predicted molar refractivity (Wildman–Crippen MR) is 89.7 cm³/mol. The lowest BCUT2D eigenvalue weighted by molar-refractivity contribution is 0.0675. The summed E-state index contributed by atoms with van der Waals surface area (Å²) in [4.78, 5) is 15.6. The van der Waals surface area contributed by atoms with Gasteiger partial charge in [0.2, 0.25) is 0 Å². The Bertz CT molecular complexity index is 502. The topological polar surface area (TPSA) is 46.3 Å². The third-order valence-corrected chi connectivity index (χ3v) is 7.34. The van der Waals surface area contributed by atoms with Gasteiger partial charge in [-0.25, -0.2) is 0 Å². The summed E-state index contributed by atoms with van der Waals surface area (Å²) in [6.45, 7) is 3.50. The molecular formula is C12H14Br2N2OS2. The summed E-state index contributed by atoms with van der Waals surface area (Å²) in [7, 11) is 0. The summed E-state index contributed by atoms with van der Waals surface area (Å²) in [6, 6.07) is 1.86. The van der Waals surface area contributed by atoms with Crippen LogP contribution in [-0.2, 0) is 0 Å². The number of piperidine rings is 1. The maximum absolute atomic E-state index is 12.4. The fourth-order valence-corrected chi connectivity index (χ4v) is 4.27. The van der Waals surface area contributed by atoms with Gasteiger partial charge in [0, 0.05) is 23.0 Å². The Morgan fingerprint density at radius 3 is 2.47 bits per heavy atom. The zero-order valence-corrected chi connectivity index (χ0v) is 15.2. The Labute approximate surface area is 138 Å². The lowest BCUT2D eigenvalue weighted by atomic mass is 9.80. The highest BCUT2D eigenvalue weighted by molar-refractivity contribution is 9.13. The summed E-state index contributed by atoms with van der Waals surface area (Å²) >= 11 is 13.4. The molecule has 19 heavy (non-hydrogen) atoms. The maximum Gasteiger partial charge on any atom is 0.264 e. The van der Waals surface area contributed by atoms with Crippen LogP contribution in [-0.4, -0.2) is 28.9 Å². The van der Waals surface area contributed by atoms with E-state index >= 15 is 0 Å². The van der Waals surface area contributed by atoms with Crippen molar-refractivity contribution in [3.63, 3.8) is 0 Å². The van der Waals surface area contributed by atoms with Gasteiger partial charge in [-0.3, -0.25) is 4.79 Å². The number of carbonyl (C=O) groups is 1. The molecule has 1 aromatic rings. The lowest BCUT2D eigenvalue weighted by Crippen LogP contribution is -2.46. The van der Waals surface area contributed by atoms with Gasteiger partial charge in [-0.1, -0.05) is 19.1 Å². The van der Waals surface area contributed by atoms with Crippen LogP contribution in [0.4, 0.5) is 0 Å². The molecular weight excluding hydrogens is 412 g/mol. The van der Waals surface area contributed by atoms with Crippen molar-refractivity contribution in [2.24, 2.45) is 11.1 Å². The number of nitrogens with zero attached hydrogens (tertiary/aromatic N) is 1. The van der Waals surface area contributed by atoms with Gasteiger partial charge >= 0.3 is 0 Å². The first-order valence-electron chi connectivity index (χ1n) is 5.87. The van der Waals surface area contributed by atoms with Crippen LogP contribution in [0.2, 0.25) is 0 Å². The van der Waals surface area contributed by atoms with E-state index in [1.807, 2.05) is 11.0 Å². The van der Waals surface area contributed by atoms with E-state index in [1.54, 1.807) is 0 Å². The van der Waals surface area contributed by atoms with Gasteiger partial charge in [-0.2, -0.15) is 0 Å². The highest BCUT2D eigenvalue weighted by Gasteiger charge is 2.34. The van der Waals surface area contributed by atoms with E-state index in [2.05, 4.69) is 38.8 Å². The minimum Gasteiger partial charge on any atom is -0.393 e. The van der Waals surface area contributed by atoms with Crippen LogP contribution in [0.5, 0.6) is 0 Å². The zero-order valence-electron chi connectivity index (χ0n) is 10.4. The highest BCUT2D eigenvalue weighted by Crippen LogP contribution is 2.35. The molecule has 2 rings (SSSR count). The summed E-state index contributed by atoms with van der Waals surface area (Å²) in [6.07, 6.45) is 1.67. The molecule has 1 aliphatic rings. The summed E-state index contributed by atoms with van der Waals surface area (Å²) in [5, 5.41) is 0. The quantitative estimate of drug-likeness (QED) is 0.733. The van der Waals surface area contributed by atoms with E-state index in [-0.39, 0.29) is 11.3 Å². The number of nitrogens with two attached hydrogens (primary N) is 1. The van der Waals surface area contributed by atoms with Crippen LogP contribution in [0.3, 0.4) is 0 Å². The molecule has 104 valence electrons. The normalized spacial score (nSPS) is 18.4. The highest BCUT2D eigenvalue weighted by atomic mass is 79.9. The van der Waals surface area contributed by atoms with E-state index in [9.17, 15) is 4.79 Å². The molecule has 0 saturated carbocycles. The predicted octanol–water partition coefficient (Wildman–Crippen LogP) is 3.80. The van der Waals surface area contributed by atoms with Crippen LogP contribution < -0.4 is 5.73 Å². The molecule has 1 fully saturated rings. The number of thiophene rings is 1. The molecule has 0 radical (unpaired) electrons. The summed E-state index contributed by atoms with van der Waals surface area (Å²) in [5.74, 6) is 0.0846. The van der Waals surface area contributed by atoms with Crippen molar-refractivity contribution >= 4 is 66.3 Å². The fourth-order valence-electron chi connectivity index (χ4n) is 2.06. The Morgan fingerprint density at radius 2 is 2.05 bits per heavy atom. The van der Waals surface area contributed by atoms with Crippen molar-refractivity contribution in [2.45, 2.75) is 19.8 Å². The van der Waals surface area contributed by atoms with Crippen LogP contribution in [0.25, 0.3) is 0 Å². The monoisotopic (exact) mass is 424 g/mol. The summed E-state index contributed by atoms with van der Waals surface area (Å²) in [5.41, 5.74) is 5.67. The first kappa shape index (κ1) is 15.4. The number of carbonyl (C=O) groups excluding carboxylic acids is 1. The molecule has 0 atom stereocenters. The van der Waals surface area contributed by atoms with Gasteiger partial charge in [0.25, 0.3) is 5.91 Å². The molecule has 2 N–H and O–H groups in total. The SMILES string of the molecule is CC1(C(N)=S)CCN(C(=O)c2cc(Br)c(Br)s2)CC1. The van der Waals surface area contributed by atoms with E-state index in [4.69, 9.17) is 18.0 Å². The Hall–Kier alpha value is 0.0200. The lowest BCUT2D eigenvalue weighted by Gasteiger charge is -2.38. The number of likely N-dealkylation sites (tertiary alicyclic amines) is 1. The van der Waals surface area contributed by atoms with Gasteiger partial charge in [0.15, 0.2) is 0 Å². The molecule has 0 aliphatic carbocycles. The zero-order chi connectivity index (χ0) is 14.2. The molecule has 1 aliphatic heterocycles. The van der Waals surface area contributed by atoms with Crippen LogP contribution in [0.15, 0.2) is 14.3 Å². The van der Waals surface area contributed by atoms with Crippen molar-refractivity contribution in [1.29, 1.82) is 0 Å². The third kappa shape index (κ3) is 3.20. The minimum atomic E-state index is -0.108. The Kier molecular flexibility index (Phi) is 4.70. The second-order valence-electron chi connectivity index (χ2n) is 4.95. The van der Waals surface area contributed by atoms with Crippen molar-refractivity contribution < 1.29 is 4.79 Å². The van der Waals surface area contributed by atoms with Gasteiger partial charge in [-0.05, 0) is 50.8 Å². The van der Waals surface area contributed by atoms with Gasteiger partial charge in [0.05, 0.1) is 13.7 Å². The van der Waals surface area contributed by atoms with Crippen molar-refractivity contribution in [3.05, 3.63) is 19.2 Å². The van der Waals surface area contributed by atoms with Crippen LogP contribution in [0.1, 0.15) is 29.4 Å². The van der Waals surface area contributed by atoms with Gasteiger partial charge < -0.3 is 10.6 Å². The molecule has 0 unspecified atom stereocenters. The molecule has 1 saturated heterocycles. The first-order valence-corrected chi connectivity index (χ1v) is 8.68. The number of halogens is 2. The van der Waals surface area contributed by atoms with Gasteiger partial charge in [0.1, 0.15) is 0 Å². The van der Waals surface area contributed by atoms with E-state index in [0.717, 1.165) is 26.0 Å². The number of thiocarbonyl (C=S) groups is 1. The number of amides is 1. The molecule has 2 heterocycles. The molecule has 1 aromatic heterocycles. The molecule has 1 amide bonds. The average Bonchev–Trinajstić information content (AvgIpc) is 2.69. The average molecular weight is 426 g/mol. The molecule has 3 nitrogen and oxygen atoms in total. The Balaban J connectivity index is 2.06. The van der Waals surface area contributed by atoms with Gasteiger partial charge in [-0.15, -0.1) is 11.3 Å². The standard InChI is InChI=1S/C12H14Br2N2OS2/c1-12(11(15)18)2-4-16(5-3-12)10(17)8-6-7(13)9(14)19-8/h6H,2-5H2,1H3,(H2,15,18). The molecule has 0 aromatic carbocycles. The van der Waals surface area contributed by atoms with E-state index < -0.39 is 0 Å². The minimum absolute atomic E-state index is 0.0846. The largest absolute Gasteiger partial charge is 0.393 e. The van der Waals surface area contributed by atoms with Crippen molar-refractivity contribution in [1.82, 2.24) is 4.90 Å². The molecule has 0 spiro atoms. The Morgan fingerprint density at radius 1 is 1.47 bits per heavy atom. The number of rotatable bonds is 2. The second-order valence-corrected chi connectivity index (χ2v) is 8.61. The maximum atomic E-state index is 12.4. The van der Waals surface area contributed by atoms with Crippen molar-refractivity contribution in [2.75, 3.05) is 13.1 Å². The first-order chi connectivity index (χ1) is 8.83. The smallest absolute Gasteiger partial charge is 0.264 e. The number of hydrogen-bond donors (Lipinski definition) is 1. The van der Waals surface area contributed by atoms with E-state index in [1.165, 1.54) is 11.3 Å². The third-order valence-electron chi connectivity index (χ3n) is 3.61. The van der Waals surface area contributed by atoms with E-state index in [0.29, 0.717) is 18.1 Å². The summed E-state index contributed by atoms with van der Waals surface area (Å²) < 4.78 is 1.87.